The lowest BCUT2D eigenvalue weighted by atomic mass is 9.85. The molecule has 3 fully saturated rings. The molecule has 2 saturated heterocycles. The molecule has 0 spiro atoms. The molecule has 5 N–H and O–H groups in total. The third kappa shape index (κ3) is 12.5. The third-order valence-corrected chi connectivity index (χ3v) is 17.3. The van der Waals surface area contributed by atoms with Gasteiger partial charge in [-0.05, 0) is 85.5 Å². The Kier molecular flexibility index (Phi) is 16.4. The maximum Gasteiger partial charge on any atom is 0.301 e. The second-order valence-corrected chi connectivity index (χ2v) is 23.9. The largest absolute Gasteiger partial charge is 0.391 e. The molecule has 9 rings (SSSR count). The van der Waals surface area contributed by atoms with Gasteiger partial charge in [0.1, 0.15) is 30.3 Å². The lowest BCUT2D eigenvalue weighted by molar-refractivity contribution is -0.142. The number of aryl methyl sites for hydroxylation is 1. The lowest BCUT2D eigenvalue weighted by Crippen LogP contribution is -2.57. The molecule has 16 nitrogen and oxygen atoms in total. The number of ketones is 1. The summed E-state index contributed by atoms with van der Waals surface area (Å²) in [7, 11) is -2.32. The highest BCUT2D eigenvalue weighted by Crippen LogP contribution is 2.34. The number of thiazole rings is 1. The molecular formula is C56H64F3N9O7S2. The molecule has 2 amide bonds. The fourth-order valence-corrected chi connectivity index (χ4v) is 12.2. The fourth-order valence-electron chi connectivity index (χ4n) is 10.1. The molecule has 1 saturated carbocycles. The van der Waals surface area contributed by atoms with Gasteiger partial charge in [0.2, 0.25) is 17.6 Å². The predicted molar refractivity (Wildman–Crippen MR) is 290 cm³/mol. The Morgan fingerprint density at radius 3 is 2.38 bits per heavy atom. The van der Waals surface area contributed by atoms with Crippen LogP contribution >= 0.6 is 11.3 Å². The van der Waals surface area contributed by atoms with Gasteiger partial charge in [-0.1, -0.05) is 75.9 Å². The number of anilines is 1. The number of aromatic amines is 1. The Morgan fingerprint density at radius 1 is 0.987 bits per heavy atom. The summed E-state index contributed by atoms with van der Waals surface area (Å²) in [6.45, 7) is 12.6. The van der Waals surface area contributed by atoms with E-state index in [4.69, 9.17) is 4.74 Å². The zero-order valence-electron chi connectivity index (χ0n) is 43.6. The highest BCUT2D eigenvalue weighted by Gasteiger charge is 2.43. The Labute approximate surface area is 450 Å². The standard InChI is InChI=1S/C56H64F3N9O7S2/c1-32(60-25-35-9-13-37(14-10-35)52-33(2)63-31-76-52)47-24-41(69)29-68(47)55(72)53(56(3,4)5)64-48(70)30-75-42-22-40(23-42)66(6)19-17-34-7-11-36(12-8-34)38-21-43-44(27-62-54(43)61-26-38)51(71)49-45(58)15-16-46(50(49)59)65-77(73,74)67-20-18-39(57)28-67/h7-16,21,26-27,31,39-42,47,53,60,65,69H,1,17-20,22-25,28-30H2,2-6H3,(H,61,62)(H,64,70)/t39-,40?,41-,42?,47+,53-/m1/s1. The third-order valence-electron chi connectivity index (χ3n) is 14.8. The van der Waals surface area contributed by atoms with E-state index in [1.807, 2.05) is 74.3 Å². The van der Waals surface area contributed by atoms with Crippen LogP contribution in [0.1, 0.15) is 79.2 Å². The van der Waals surface area contributed by atoms with Crippen molar-refractivity contribution in [3.8, 4) is 21.6 Å². The molecule has 0 unspecified atom stereocenters. The van der Waals surface area contributed by atoms with Gasteiger partial charge in [-0.3, -0.25) is 19.1 Å². The van der Waals surface area contributed by atoms with E-state index in [1.165, 1.54) is 6.20 Å². The average molecular weight is 1100 g/mol. The van der Waals surface area contributed by atoms with Crippen molar-refractivity contribution < 1.29 is 45.8 Å². The Morgan fingerprint density at radius 2 is 1.70 bits per heavy atom. The molecule has 6 aromatic rings. The number of β-amino-alcohol motifs (C(OH)–C–C–N with tert-alkyl or cyclic N) is 1. The van der Waals surface area contributed by atoms with Crippen LogP contribution in [0.15, 0.2) is 96.9 Å². The van der Waals surface area contributed by atoms with E-state index in [0.717, 1.165) is 75.1 Å². The Bertz CT molecular complexity index is 3270. The van der Waals surface area contributed by atoms with Crippen molar-refractivity contribution in [1.29, 1.82) is 0 Å². The summed E-state index contributed by atoms with van der Waals surface area (Å²) in [5, 5.41) is 17.4. The molecule has 21 heteroatoms. The van der Waals surface area contributed by atoms with Gasteiger partial charge in [0, 0.05) is 79.8 Å². The van der Waals surface area contributed by atoms with Gasteiger partial charge in [-0.2, -0.15) is 12.7 Å². The van der Waals surface area contributed by atoms with Gasteiger partial charge in [0.05, 0.1) is 45.6 Å². The average Bonchev–Trinajstić information content (AvgIpc) is 4.27. The number of hydrogen-bond donors (Lipinski definition) is 5. The monoisotopic (exact) mass is 1100 g/mol. The molecule has 2 aliphatic heterocycles. The minimum absolute atomic E-state index is 0.00719. The maximum absolute atomic E-state index is 15.8. The second kappa shape index (κ2) is 22.8. The van der Waals surface area contributed by atoms with Crippen molar-refractivity contribution in [1.82, 2.24) is 39.7 Å². The first-order valence-electron chi connectivity index (χ1n) is 25.7. The number of amides is 2. The number of aliphatic hydroxyl groups is 1. The van der Waals surface area contributed by atoms with Crippen molar-refractivity contribution in [2.24, 2.45) is 5.41 Å². The number of ether oxygens (including phenoxy) is 1. The summed E-state index contributed by atoms with van der Waals surface area (Å²) in [6, 6.07) is 18.4. The van der Waals surface area contributed by atoms with Crippen LogP contribution in [0.5, 0.6) is 0 Å². The van der Waals surface area contributed by atoms with Crippen molar-refractivity contribution in [3.05, 3.63) is 136 Å². The molecule has 0 radical (unpaired) electrons. The van der Waals surface area contributed by atoms with Crippen LogP contribution in [0.3, 0.4) is 0 Å². The van der Waals surface area contributed by atoms with E-state index >= 15 is 8.78 Å². The molecule has 3 aliphatic rings. The van der Waals surface area contributed by atoms with Crippen molar-refractivity contribution in [2.75, 3.05) is 44.6 Å². The van der Waals surface area contributed by atoms with Crippen molar-refractivity contribution in [3.63, 3.8) is 0 Å². The summed E-state index contributed by atoms with van der Waals surface area (Å²) < 4.78 is 79.3. The van der Waals surface area contributed by atoms with E-state index in [2.05, 4.69) is 56.2 Å². The topological polar surface area (TPSA) is 202 Å². The van der Waals surface area contributed by atoms with Crippen LogP contribution in [-0.2, 0) is 37.5 Å². The van der Waals surface area contributed by atoms with Crippen LogP contribution in [0.25, 0.3) is 32.6 Å². The molecule has 3 aromatic carbocycles. The van der Waals surface area contributed by atoms with Crippen LogP contribution in [-0.4, -0.2) is 137 Å². The van der Waals surface area contributed by atoms with E-state index in [-0.39, 0.29) is 49.7 Å². The number of carbonyl (C=O) groups excluding carboxylic acids is 3. The summed E-state index contributed by atoms with van der Waals surface area (Å²) in [4.78, 5) is 58.1. The number of hydrogen-bond acceptors (Lipinski definition) is 12. The SMILES string of the molecule is C=C(NCc1ccc(-c2scnc2C)cc1)[C@@H]1C[C@@H](O)CN1C(=O)[C@@H](NC(=O)COC1CC(N(C)CCc2ccc(-c3cnc4[nH]cc(C(=O)c5c(F)ccc(NS(=O)(=O)N6CC[C@@H](F)C6)c5F)c4c3)cc2)C1)C(C)(C)C. The summed E-state index contributed by atoms with van der Waals surface area (Å²) in [5.74, 6) is -4.29. The van der Waals surface area contributed by atoms with Gasteiger partial charge in [0.15, 0.2) is 5.82 Å². The number of halogens is 3. The maximum atomic E-state index is 15.8. The van der Waals surface area contributed by atoms with Gasteiger partial charge in [-0.25, -0.2) is 23.1 Å². The fraction of sp³-hybridized carbons (Fsp3) is 0.411. The Balaban J connectivity index is 0.734. The van der Waals surface area contributed by atoms with Gasteiger partial charge >= 0.3 is 10.2 Å². The highest BCUT2D eigenvalue weighted by molar-refractivity contribution is 7.90. The van der Waals surface area contributed by atoms with Crippen molar-refractivity contribution >= 4 is 55.9 Å². The van der Waals surface area contributed by atoms with E-state index < -0.39 is 81.1 Å². The minimum Gasteiger partial charge on any atom is -0.391 e. The van der Waals surface area contributed by atoms with Crippen molar-refractivity contribution in [2.45, 2.75) is 103 Å². The summed E-state index contributed by atoms with van der Waals surface area (Å²) in [5.41, 5.74) is 6.10. The first kappa shape index (κ1) is 55.3. The molecule has 4 atom stereocenters. The van der Waals surface area contributed by atoms with Crippen LogP contribution in [0, 0.1) is 24.0 Å². The normalized spacial score (nSPS) is 20.3. The first-order valence-corrected chi connectivity index (χ1v) is 28.0. The number of rotatable bonds is 20. The number of alkyl halides is 1. The second-order valence-electron chi connectivity index (χ2n) is 21.4. The molecule has 0 bridgehead atoms. The first-order chi connectivity index (χ1) is 36.6. The quantitative estimate of drug-likeness (QED) is 0.0470. The van der Waals surface area contributed by atoms with Crippen LogP contribution < -0.4 is 15.4 Å². The molecule has 408 valence electrons. The van der Waals surface area contributed by atoms with Gasteiger partial charge < -0.3 is 35.3 Å². The molecule has 3 aromatic heterocycles. The lowest BCUT2D eigenvalue weighted by Gasteiger charge is -2.41. The summed E-state index contributed by atoms with van der Waals surface area (Å²) in [6.07, 6.45) is 3.26. The molecule has 77 heavy (non-hydrogen) atoms. The minimum atomic E-state index is -4.37. The van der Waals surface area contributed by atoms with Gasteiger partial charge in [-0.15, -0.1) is 11.3 Å². The van der Waals surface area contributed by atoms with E-state index in [0.29, 0.717) is 35.3 Å². The predicted octanol–water partition coefficient (Wildman–Crippen LogP) is 7.69. The smallest absolute Gasteiger partial charge is 0.301 e. The number of carbonyl (C=O) groups is 3. The number of fused-ring (bicyclic) bond motifs is 1. The zero-order chi connectivity index (χ0) is 54.9. The number of nitrogens with zero attached hydrogens (tertiary/aromatic N) is 5. The summed E-state index contributed by atoms with van der Waals surface area (Å²) >= 11 is 1.60. The number of aliphatic hydroxyl groups excluding tert-OH is 1. The number of likely N-dealkylation sites (N-methyl/N-ethyl adjacent to an activating group) is 1. The van der Waals surface area contributed by atoms with E-state index in [9.17, 15) is 32.3 Å². The van der Waals surface area contributed by atoms with Crippen LogP contribution in [0.2, 0.25) is 0 Å². The number of nitrogens with one attached hydrogen (secondary N) is 4. The molecule has 1 aliphatic carbocycles. The number of benzene rings is 3. The van der Waals surface area contributed by atoms with Crippen LogP contribution in [0.4, 0.5) is 18.9 Å². The number of aromatic nitrogens is 3. The number of pyridine rings is 1. The highest BCUT2D eigenvalue weighted by atomic mass is 32.2. The Hall–Kier alpha value is -6.49. The van der Waals surface area contributed by atoms with E-state index in [1.54, 1.807) is 28.5 Å². The van der Waals surface area contributed by atoms with Gasteiger partial charge in [0.25, 0.3) is 0 Å². The molecular weight excluding hydrogens is 1030 g/mol. The number of H-pyrrole nitrogens is 1. The molecule has 5 heterocycles. The zero-order valence-corrected chi connectivity index (χ0v) is 45.2. The number of likely N-dealkylation sites (tertiary alicyclic amines) is 1.